The zero-order chi connectivity index (χ0) is 11.3. The van der Waals surface area contributed by atoms with Crippen LogP contribution < -0.4 is 5.73 Å². The first kappa shape index (κ1) is 12.5. The molecule has 0 aliphatic heterocycles. The van der Waals surface area contributed by atoms with E-state index >= 15 is 0 Å². The average molecular weight is 214 g/mol. The van der Waals surface area contributed by atoms with Gasteiger partial charge in [-0.25, -0.2) is 0 Å². The highest BCUT2D eigenvalue weighted by Gasteiger charge is 2.26. The highest BCUT2D eigenvalue weighted by Crippen LogP contribution is 2.27. The number of hydrogen-bond donors (Lipinski definition) is 1. The summed E-state index contributed by atoms with van der Waals surface area (Å²) in [6, 6.07) is 0. The summed E-state index contributed by atoms with van der Waals surface area (Å²) in [5, 5.41) is 0. The van der Waals surface area contributed by atoms with Gasteiger partial charge in [-0.15, -0.1) is 0 Å². The lowest BCUT2D eigenvalue weighted by molar-refractivity contribution is -0.130. The summed E-state index contributed by atoms with van der Waals surface area (Å²) >= 11 is 0. The second kappa shape index (κ2) is 6.08. The lowest BCUT2D eigenvalue weighted by Crippen LogP contribution is -2.28. The van der Waals surface area contributed by atoms with Crippen molar-refractivity contribution in [3.63, 3.8) is 0 Å². The minimum atomic E-state index is 0.122. The summed E-state index contributed by atoms with van der Waals surface area (Å²) in [5.74, 6) is 0.622. The Hall–Kier alpha value is -0.610. The van der Waals surface area contributed by atoms with E-state index in [0.29, 0.717) is 25.5 Å². The Balaban J connectivity index is 2.17. The molecular formula is C11H22N2O2. The largest absolute Gasteiger partial charge is 0.377 e. The van der Waals surface area contributed by atoms with Crippen LogP contribution in [-0.4, -0.2) is 44.2 Å². The maximum Gasteiger partial charge on any atom is 0.224 e. The van der Waals surface area contributed by atoms with E-state index in [2.05, 4.69) is 0 Å². The molecule has 15 heavy (non-hydrogen) atoms. The highest BCUT2D eigenvalue weighted by molar-refractivity contribution is 5.75. The number of ether oxygens (including phenoxy) is 1. The van der Waals surface area contributed by atoms with Gasteiger partial charge in [-0.3, -0.25) is 4.79 Å². The van der Waals surface area contributed by atoms with Gasteiger partial charge >= 0.3 is 0 Å². The predicted molar refractivity (Wildman–Crippen MR) is 59.4 cm³/mol. The van der Waals surface area contributed by atoms with Crippen molar-refractivity contribution in [2.75, 3.05) is 27.2 Å². The fraction of sp³-hybridized carbons (Fsp3) is 0.909. The number of carbonyl (C=O) groups is 1. The Morgan fingerprint density at radius 2 is 2.20 bits per heavy atom. The lowest BCUT2D eigenvalue weighted by Gasteiger charge is -2.19. The number of amides is 1. The Bertz CT molecular complexity index is 207. The van der Waals surface area contributed by atoms with E-state index < -0.39 is 0 Å². The van der Waals surface area contributed by atoms with Gasteiger partial charge in [-0.05, 0) is 25.3 Å². The molecule has 0 heterocycles. The van der Waals surface area contributed by atoms with Crippen LogP contribution in [0.2, 0.25) is 0 Å². The van der Waals surface area contributed by atoms with Gasteiger partial charge in [0.15, 0.2) is 0 Å². The van der Waals surface area contributed by atoms with Crippen LogP contribution >= 0.6 is 0 Å². The first-order valence-corrected chi connectivity index (χ1v) is 5.67. The molecule has 88 valence electrons. The Morgan fingerprint density at radius 1 is 1.47 bits per heavy atom. The molecular weight excluding hydrogens is 192 g/mol. The Kier molecular flexibility index (Phi) is 5.05. The lowest BCUT2D eigenvalue weighted by atomic mass is 10.1. The van der Waals surface area contributed by atoms with Crippen molar-refractivity contribution in [2.45, 2.75) is 31.8 Å². The van der Waals surface area contributed by atoms with E-state index in [1.807, 2.05) is 0 Å². The summed E-state index contributed by atoms with van der Waals surface area (Å²) < 4.78 is 5.70. The van der Waals surface area contributed by atoms with E-state index in [-0.39, 0.29) is 12.0 Å². The van der Waals surface area contributed by atoms with Crippen LogP contribution in [0.15, 0.2) is 0 Å². The maximum absolute atomic E-state index is 11.3. The molecule has 4 heteroatoms. The van der Waals surface area contributed by atoms with E-state index in [4.69, 9.17) is 10.5 Å². The van der Waals surface area contributed by atoms with E-state index in [1.54, 1.807) is 19.0 Å². The maximum atomic E-state index is 11.3. The predicted octanol–water partition coefficient (Wildman–Crippen LogP) is 0.609. The number of carbonyl (C=O) groups excluding carboxylic acids is 1. The van der Waals surface area contributed by atoms with E-state index in [1.165, 1.54) is 12.8 Å². The number of nitrogens with zero attached hydrogens (tertiary/aromatic N) is 1. The molecule has 0 radical (unpaired) electrons. The van der Waals surface area contributed by atoms with Crippen molar-refractivity contribution in [2.24, 2.45) is 11.7 Å². The van der Waals surface area contributed by atoms with Gasteiger partial charge in [0.25, 0.3) is 0 Å². The molecule has 1 saturated carbocycles. The molecule has 2 unspecified atom stereocenters. The molecule has 0 aromatic heterocycles. The minimum absolute atomic E-state index is 0.122. The van der Waals surface area contributed by atoms with Gasteiger partial charge in [-0.1, -0.05) is 6.42 Å². The monoisotopic (exact) mass is 214 g/mol. The van der Waals surface area contributed by atoms with Crippen molar-refractivity contribution >= 4 is 5.91 Å². The first-order valence-electron chi connectivity index (χ1n) is 5.67. The molecule has 1 aliphatic carbocycles. The zero-order valence-electron chi connectivity index (χ0n) is 9.74. The number of nitrogens with two attached hydrogens (primary N) is 1. The Morgan fingerprint density at radius 3 is 2.80 bits per heavy atom. The van der Waals surface area contributed by atoms with Crippen LogP contribution in [-0.2, 0) is 9.53 Å². The molecule has 1 aliphatic rings. The molecule has 1 fully saturated rings. The van der Waals surface area contributed by atoms with Crippen molar-refractivity contribution < 1.29 is 9.53 Å². The van der Waals surface area contributed by atoms with Crippen molar-refractivity contribution in [1.29, 1.82) is 0 Å². The van der Waals surface area contributed by atoms with Crippen LogP contribution in [0.1, 0.15) is 25.7 Å². The van der Waals surface area contributed by atoms with Crippen LogP contribution in [0.5, 0.6) is 0 Å². The number of rotatable bonds is 5. The Labute approximate surface area is 91.8 Å². The third kappa shape index (κ3) is 3.80. The van der Waals surface area contributed by atoms with Crippen molar-refractivity contribution in [3.05, 3.63) is 0 Å². The molecule has 0 aromatic rings. The molecule has 4 nitrogen and oxygen atoms in total. The molecule has 0 saturated heterocycles. The third-order valence-corrected chi connectivity index (χ3v) is 3.04. The summed E-state index contributed by atoms with van der Waals surface area (Å²) in [4.78, 5) is 12.9. The molecule has 1 rings (SSSR count). The molecule has 0 aromatic carbocycles. The second-order valence-corrected chi connectivity index (χ2v) is 4.37. The molecule has 2 N–H and O–H groups in total. The second-order valence-electron chi connectivity index (χ2n) is 4.37. The van der Waals surface area contributed by atoms with Gasteiger partial charge in [-0.2, -0.15) is 0 Å². The molecule has 0 bridgehead atoms. The molecule has 0 spiro atoms. The smallest absolute Gasteiger partial charge is 0.224 e. The highest BCUT2D eigenvalue weighted by atomic mass is 16.5. The zero-order valence-corrected chi connectivity index (χ0v) is 9.74. The van der Waals surface area contributed by atoms with Gasteiger partial charge in [0, 0.05) is 14.1 Å². The fourth-order valence-corrected chi connectivity index (χ4v) is 2.01. The van der Waals surface area contributed by atoms with E-state index in [9.17, 15) is 4.79 Å². The average Bonchev–Trinajstić information content (AvgIpc) is 2.65. The normalized spacial score (nSPS) is 25.5. The standard InChI is InChI=1S/C11H22N2O2/c1-13(2)11(14)6-7-15-10-5-3-4-9(10)8-12/h9-10H,3-8,12H2,1-2H3. The summed E-state index contributed by atoms with van der Waals surface area (Å²) in [6.45, 7) is 1.23. The molecule has 2 atom stereocenters. The quantitative estimate of drug-likeness (QED) is 0.729. The fourth-order valence-electron chi connectivity index (χ4n) is 2.01. The van der Waals surface area contributed by atoms with Gasteiger partial charge in [0.1, 0.15) is 0 Å². The third-order valence-electron chi connectivity index (χ3n) is 3.04. The van der Waals surface area contributed by atoms with Crippen LogP contribution in [0, 0.1) is 5.92 Å². The molecule has 1 amide bonds. The topological polar surface area (TPSA) is 55.6 Å². The van der Waals surface area contributed by atoms with Crippen LogP contribution in [0.25, 0.3) is 0 Å². The van der Waals surface area contributed by atoms with E-state index in [0.717, 1.165) is 6.42 Å². The minimum Gasteiger partial charge on any atom is -0.377 e. The van der Waals surface area contributed by atoms with Gasteiger partial charge in [0.05, 0.1) is 19.1 Å². The summed E-state index contributed by atoms with van der Waals surface area (Å²) in [7, 11) is 3.53. The summed E-state index contributed by atoms with van der Waals surface area (Å²) in [5.41, 5.74) is 5.65. The number of hydrogen-bond acceptors (Lipinski definition) is 3. The van der Waals surface area contributed by atoms with Crippen LogP contribution in [0.4, 0.5) is 0 Å². The van der Waals surface area contributed by atoms with Gasteiger partial charge in [0.2, 0.25) is 5.91 Å². The van der Waals surface area contributed by atoms with Crippen molar-refractivity contribution in [3.8, 4) is 0 Å². The van der Waals surface area contributed by atoms with Gasteiger partial charge < -0.3 is 15.4 Å². The van der Waals surface area contributed by atoms with Crippen LogP contribution in [0.3, 0.4) is 0 Å². The first-order chi connectivity index (χ1) is 7.15. The summed E-state index contributed by atoms with van der Waals surface area (Å²) in [6.07, 6.45) is 4.22. The van der Waals surface area contributed by atoms with Crippen molar-refractivity contribution in [1.82, 2.24) is 4.90 Å². The SMILES string of the molecule is CN(C)C(=O)CCOC1CCCC1CN.